The maximum Gasteiger partial charge on any atom is 0.191 e. The lowest BCUT2D eigenvalue weighted by Gasteiger charge is -2.37. The van der Waals surface area contributed by atoms with Gasteiger partial charge < -0.3 is 15.2 Å². The molecule has 0 aromatic carbocycles. The average Bonchev–Trinajstić information content (AvgIpc) is 3.36. The van der Waals surface area contributed by atoms with E-state index in [-0.39, 0.29) is 29.4 Å². The third kappa shape index (κ3) is 6.41. The first-order valence-corrected chi connectivity index (χ1v) is 11.4. The summed E-state index contributed by atoms with van der Waals surface area (Å²) < 4.78 is 2.00. The van der Waals surface area contributed by atoms with Gasteiger partial charge in [0.15, 0.2) is 11.8 Å². The topological polar surface area (TPSA) is 67.1 Å². The molecule has 0 unspecified atom stereocenters. The van der Waals surface area contributed by atoms with E-state index in [4.69, 9.17) is 4.99 Å². The molecule has 0 bridgehead atoms. The number of unbranched alkanes of at least 4 members (excludes halogenated alkanes) is 1. The zero-order valence-corrected chi connectivity index (χ0v) is 21.1. The van der Waals surface area contributed by atoms with Crippen LogP contribution in [-0.4, -0.2) is 33.8 Å². The monoisotopic (exact) mass is 530 g/mol. The number of halogens is 1. The number of hydrogen-bond acceptors (Lipinski definition) is 4. The number of aliphatic imine (C=N–C) groups is 1. The third-order valence-electron chi connectivity index (χ3n) is 5.83. The molecule has 1 fully saturated rings. The van der Waals surface area contributed by atoms with Gasteiger partial charge in [0.25, 0.3) is 0 Å². The molecule has 0 amide bonds. The van der Waals surface area contributed by atoms with Gasteiger partial charge in [0.1, 0.15) is 12.4 Å². The minimum absolute atomic E-state index is 0. The number of rotatable bonds is 8. The van der Waals surface area contributed by atoms with Gasteiger partial charge in [-0.1, -0.05) is 38.7 Å². The van der Waals surface area contributed by atoms with Crippen LogP contribution in [0.25, 0.3) is 0 Å². The Hall–Kier alpha value is -1.16. The summed E-state index contributed by atoms with van der Waals surface area (Å²) in [4.78, 5) is 6.32. The van der Waals surface area contributed by atoms with Crippen LogP contribution in [0.1, 0.15) is 68.4 Å². The van der Waals surface area contributed by atoms with Crippen LogP contribution in [-0.2, 0) is 19.0 Å². The van der Waals surface area contributed by atoms with Crippen LogP contribution < -0.4 is 10.6 Å². The van der Waals surface area contributed by atoms with Gasteiger partial charge in [0.05, 0.1) is 0 Å². The van der Waals surface area contributed by atoms with Crippen molar-refractivity contribution in [1.29, 1.82) is 0 Å². The molecule has 0 saturated heterocycles. The fourth-order valence-corrected chi connectivity index (χ4v) is 4.86. The molecule has 6 nitrogen and oxygen atoms in total. The van der Waals surface area contributed by atoms with E-state index in [1.54, 1.807) is 0 Å². The molecule has 0 radical (unpaired) electrons. The summed E-state index contributed by atoms with van der Waals surface area (Å²) in [5.41, 5.74) is 0.237. The van der Waals surface area contributed by atoms with Crippen molar-refractivity contribution in [1.82, 2.24) is 25.4 Å². The molecule has 1 aliphatic carbocycles. The standard InChI is InChI=1S/C21H34N6S.HI/c1-4-5-13-22-20(23-15-19-26-25-17(2)27(19)3)24-16-21(11-7-6-8-12-21)18-10-9-14-28-18;/h9-10,14H,4-8,11-13,15-16H2,1-3H3,(H2,22,23,24);1H. The van der Waals surface area contributed by atoms with Gasteiger partial charge in [-0.3, -0.25) is 0 Å². The Labute approximate surface area is 196 Å². The average molecular weight is 531 g/mol. The largest absolute Gasteiger partial charge is 0.356 e. The van der Waals surface area contributed by atoms with E-state index in [1.807, 2.05) is 29.9 Å². The molecule has 0 atom stereocenters. The van der Waals surface area contributed by atoms with Crippen molar-refractivity contribution in [2.24, 2.45) is 12.0 Å². The molecule has 8 heteroatoms. The second-order valence-corrected chi connectivity index (χ2v) is 8.79. The van der Waals surface area contributed by atoms with Crippen LogP contribution in [0.5, 0.6) is 0 Å². The SMILES string of the molecule is CCCCNC(=NCc1nnc(C)n1C)NCC1(c2cccs2)CCCCC1.I. The minimum Gasteiger partial charge on any atom is -0.356 e. The molecule has 2 N–H and O–H groups in total. The lowest BCUT2D eigenvalue weighted by molar-refractivity contribution is 0.296. The third-order valence-corrected chi connectivity index (χ3v) is 6.95. The molecule has 3 rings (SSSR count). The van der Waals surface area contributed by atoms with E-state index in [9.17, 15) is 0 Å². The molecule has 2 aromatic rings. The van der Waals surface area contributed by atoms with Crippen molar-refractivity contribution < 1.29 is 0 Å². The smallest absolute Gasteiger partial charge is 0.191 e. The molecule has 2 aromatic heterocycles. The van der Waals surface area contributed by atoms with Crippen LogP contribution in [0.2, 0.25) is 0 Å². The molecule has 2 heterocycles. The van der Waals surface area contributed by atoms with Crippen LogP contribution in [0.15, 0.2) is 22.5 Å². The Morgan fingerprint density at radius 1 is 1.24 bits per heavy atom. The number of guanidine groups is 1. The van der Waals surface area contributed by atoms with Gasteiger partial charge in [-0.2, -0.15) is 0 Å². The van der Waals surface area contributed by atoms with Crippen molar-refractivity contribution in [3.63, 3.8) is 0 Å². The maximum absolute atomic E-state index is 4.81. The van der Waals surface area contributed by atoms with Gasteiger partial charge in [-0.05, 0) is 37.6 Å². The Kier molecular flexibility index (Phi) is 9.88. The van der Waals surface area contributed by atoms with Crippen LogP contribution in [0.3, 0.4) is 0 Å². The molecular formula is C21H35IN6S. The van der Waals surface area contributed by atoms with Crippen molar-refractivity contribution in [3.05, 3.63) is 34.0 Å². The lowest BCUT2D eigenvalue weighted by atomic mass is 9.73. The fourth-order valence-electron chi connectivity index (χ4n) is 3.87. The molecule has 0 aliphatic heterocycles. The number of thiophene rings is 1. The Bertz CT molecular complexity index is 749. The van der Waals surface area contributed by atoms with Gasteiger partial charge in [0, 0.05) is 30.4 Å². The summed E-state index contributed by atoms with van der Waals surface area (Å²) in [7, 11) is 1.99. The number of hydrogen-bond donors (Lipinski definition) is 2. The van der Waals surface area contributed by atoms with Crippen molar-refractivity contribution in [2.75, 3.05) is 13.1 Å². The maximum atomic E-state index is 4.81. The molecule has 1 aliphatic rings. The summed E-state index contributed by atoms with van der Waals surface area (Å²) in [6.45, 7) is 6.58. The van der Waals surface area contributed by atoms with E-state index in [0.29, 0.717) is 6.54 Å². The van der Waals surface area contributed by atoms with Crippen molar-refractivity contribution in [2.45, 2.75) is 70.8 Å². The van der Waals surface area contributed by atoms with E-state index < -0.39 is 0 Å². The van der Waals surface area contributed by atoms with Crippen LogP contribution in [0.4, 0.5) is 0 Å². The highest BCUT2D eigenvalue weighted by Crippen LogP contribution is 2.41. The fraction of sp³-hybridized carbons (Fsp3) is 0.667. The molecular weight excluding hydrogens is 495 g/mol. The second kappa shape index (κ2) is 11.9. The van der Waals surface area contributed by atoms with E-state index >= 15 is 0 Å². The number of aryl methyl sites for hydroxylation is 1. The number of nitrogens with one attached hydrogen (secondary N) is 2. The van der Waals surface area contributed by atoms with E-state index in [0.717, 1.165) is 37.1 Å². The van der Waals surface area contributed by atoms with E-state index in [2.05, 4.69) is 45.3 Å². The minimum atomic E-state index is 0. The molecule has 29 heavy (non-hydrogen) atoms. The number of aromatic nitrogens is 3. The quantitative estimate of drug-likeness (QED) is 0.228. The summed E-state index contributed by atoms with van der Waals surface area (Å²) >= 11 is 1.89. The Balaban J connectivity index is 0.00000300. The molecule has 0 spiro atoms. The Morgan fingerprint density at radius 2 is 2.03 bits per heavy atom. The first kappa shape index (κ1) is 24.1. The highest BCUT2D eigenvalue weighted by Gasteiger charge is 2.34. The van der Waals surface area contributed by atoms with Crippen LogP contribution in [0, 0.1) is 6.92 Å². The predicted molar refractivity (Wildman–Crippen MR) is 132 cm³/mol. The summed E-state index contributed by atoms with van der Waals surface area (Å²) in [6, 6.07) is 4.49. The normalized spacial score (nSPS) is 16.3. The van der Waals surface area contributed by atoms with Gasteiger partial charge >= 0.3 is 0 Å². The molecule has 1 saturated carbocycles. The first-order chi connectivity index (χ1) is 13.6. The van der Waals surface area contributed by atoms with Gasteiger partial charge in [-0.25, -0.2) is 4.99 Å². The predicted octanol–water partition coefficient (Wildman–Crippen LogP) is 4.54. The molecule has 162 valence electrons. The zero-order chi connectivity index (χ0) is 19.8. The second-order valence-electron chi connectivity index (χ2n) is 7.84. The first-order valence-electron chi connectivity index (χ1n) is 10.6. The van der Waals surface area contributed by atoms with Crippen molar-refractivity contribution >= 4 is 41.3 Å². The number of nitrogens with zero attached hydrogens (tertiary/aromatic N) is 4. The van der Waals surface area contributed by atoms with Gasteiger partial charge in [0.2, 0.25) is 0 Å². The van der Waals surface area contributed by atoms with Gasteiger partial charge in [-0.15, -0.1) is 45.5 Å². The van der Waals surface area contributed by atoms with E-state index in [1.165, 1.54) is 43.4 Å². The summed E-state index contributed by atoms with van der Waals surface area (Å²) in [6.07, 6.45) is 8.80. The summed E-state index contributed by atoms with van der Waals surface area (Å²) in [5.74, 6) is 2.69. The highest BCUT2D eigenvalue weighted by atomic mass is 127. The lowest BCUT2D eigenvalue weighted by Crippen LogP contribution is -2.46. The van der Waals surface area contributed by atoms with Crippen molar-refractivity contribution in [3.8, 4) is 0 Å². The summed E-state index contributed by atoms with van der Waals surface area (Å²) in [5, 5.41) is 17.7. The zero-order valence-electron chi connectivity index (χ0n) is 17.9. The Morgan fingerprint density at radius 3 is 2.66 bits per heavy atom. The van der Waals surface area contributed by atoms with Crippen LogP contribution >= 0.6 is 35.3 Å². The highest BCUT2D eigenvalue weighted by molar-refractivity contribution is 14.0.